The Bertz CT molecular complexity index is 801. The lowest BCUT2D eigenvalue weighted by molar-refractivity contribution is -0.924. The maximum Gasteiger partial charge on any atom is 0.282 e. The van der Waals surface area contributed by atoms with Gasteiger partial charge in [0.25, 0.3) is 5.91 Å². The van der Waals surface area contributed by atoms with E-state index in [0.717, 1.165) is 18.7 Å². The van der Waals surface area contributed by atoms with E-state index >= 15 is 0 Å². The Hall–Kier alpha value is -2.18. The van der Waals surface area contributed by atoms with E-state index in [2.05, 4.69) is 23.7 Å². The highest BCUT2D eigenvalue weighted by atomic mass is 32.1. The number of carbonyl (C=O) groups is 2. The zero-order valence-electron chi connectivity index (χ0n) is 13.5. The van der Waals surface area contributed by atoms with Gasteiger partial charge in [0.2, 0.25) is 5.91 Å². The van der Waals surface area contributed by atoms with Crippen molar-refractivity contribution in [3.05, 3.63) is 46.2 Å². The third kappa shape index (κ3) is 2.61. The maximum absolute atomic E-state index is 12.9. The van der Waals surface area contributed by atoms with E-state index < -0.39 is 0 Å². The minimum atomic E-state index is -0.135. The Balaban J connectivity index is 1.54. The molecular formula is C18H20N3O2S+. The number of anilines is 2. The van der Waals surface area contributed by atoms with Crippen LogP contribution in [0.25, 0.3) is 0 Å². The number of thiophene rings is 1. The fraction of sp³-hybridized carbons (Fsp3) is 0.333. The molecule has 2 amide bonds. The van der Waals surface area contributed by atoms with Crippen LogP contribution in [0.15, 0.2) is 35.7 Å². The smallest absolute Gasteiger partial charge is 0.282 e. The molecule has 0 fully saturated rings. The summed E-state index contributed by atoms with van der Waals surface area (Å²) in [5, 5.41) is 4.96. The number of benzene rings is 1. The third-order valence-corrected chi connectivity index (χ3v) is 5.98. The van der Waals surface area contributed by atoms with E-state index in [4.69, 9.17) is 0 Å². The molecule has 2 N–H and O–H groups in total. The van der Waals surface area contributed by atoms with Gasteiger partial charge in [0.1, 0.15) is 12.6 Å². The first-order chi connectivity index (χ1) is 11.6. The first-order valence-corrected chi connectivity index (χ1v) is 9.11. The number of nitrogens with one attached hydrogen (secondary N) is 2. The number of para-hydroxylation sites is 2. The minimum Gasteiger partial charge on any atom is -0.323 e. The third-order valence-electron chi connectivity index (χ3n) is 4.98. The van der Waals surface area contributed by atoms with Crippen molar-refractivity contribution in [2.75, 3.05) is 29.9 Å². The second-order valence-electron chi connectivity index (χ2n) is 6.40. The predicted octanol–water partition coefficient (Wildman–Crippen LogP) is 1.24. The lowest BCUT2D eigenvalue weighted by atomic mass is 10.0. The molecule has 3 heterocycles. The molecule has 0 spiro atoms. The van der Waals surface area contributed by atoms with Crippen molar-refractivity contribution in [2.24, 2.45) is 0 Å². The summed E-state index contributed by atoms with van der Waals surface area (Å²) in [5.74, 6) is -0.123. The van der Waals surface area contributed by atoms with Gasteiger partial charge in [0.15, 0.2) is 6.54 Å². The van der Waals surface area contributed by atoms with Crippen molar-refractivity contribution >= 4 is 34.5 Å². The van der Waals surface area contributed by atoms with Crippen molar-refractivity contribution in [1.82, 2.24) is 0 Å². The summed E-state index contributed by atoms with van der Waals surface area (Å²) in [4.78, 5) is 29.2. The summed E-state index contributed by atoms with van der Waals surface area (Å²) >= 11 is 1.81. The molecule has 4 rings (SSSR count). The molecule has 2 aliphatic rings. The van der Waals surface area contributed by atoms with Gasteiger partial charge in [-0.25, -0.2) is 0 Å². The van der Waals surface area contributed by atoms with Crippen LogP contribution in [0.3, 0.4) is 0 Å². The molecule has 2 aliphatic heterocycles. The van der Waals surface area contributed by atoms with Crippen LogP contribution in [0.2, 0.25) is 0 Å². The van der Waals surface area contributed by atoms with Gasteiger partial charge >= 0.3 is 0 Å². The molecule has 24 heavy (non-hydrogen) atoms. The van der Waals surface area contributed by atoms with Gasteiger partial charge in [-0.2, -0.15) is 0 Å². The monoisotopic (exact) mass is 342 g/mol. The van der Waals surface area contributed by atoms with E-state index in [9.17, 15) is 9.59 Å². The zero-order chi connectivity index (χ0) is 16.7. The van der Waals surface area contributed by atoms with Crippen molar-refractivity contribution in [2.45, 2.75) is 19.4 Å². The number of nitrogens with zero attached hydrogens (tertiary/aromatic N) is 1. The molecule has 0 bridgehead atoms. The van der Waals surface area contributed by atoms with Crippen molar-refractivity contribution in [3.8, 4) is 0 Å². The summed E-state index contributed by atoms with van der Waals surface area (Å²) in [6.45, 7) is 3.66. The predicted molar refractivity (Wildman–Crippen MR) is 94.6 cm³/mol. The highest BCUT2D eigenvalue weighted by molar-refractivity contribution is 7.10. The van der Waals surface area contributed by atoms with Crippen LogP contribution in [0.4, 0.5) is 11.4 Å². The lowest BCUT2D eigenvalue weighted by Gasteiger charge is -2.33. The summed E-state index contributed by atoms with van der Waals surface area (Å²) < 4.78 is 0. The van der Waals surface area contributed by atoms with E-state index in [-0.39, 0.29) is 18.4 Å². The Kier molecular flexibility index (Phi) is 3.86. The van der Waals surface area contributed by atoms with Crippen LogP contribution < -0.4 is 15.1 Å². The molecule has 1 aromatic heterocycles. The molecule has 124 valence electrons. The van der Waals surface area contributed by atoms with Crippen LogP contribution in [-0.2, 0) is 16.0 Å². The highest BCUT2D eigenvalue weighted by Crippen LogP contribution is 2.29. The Labute approximate surface area is 144 Å². The van der Waals surface area contributed by atoms with Crippen LogP contribution >= 0.6 is 11.3 Å². The topological polar surface area (TPSA) is 53.9 Å². The van der Waals surface area contributed by atoms with Gasteiger partial charge in [-0.15, -0.1) is 11.3 Å². The van der Waals surface area contributed by atoms with Gasteiger partial charge in [0.05, 0.1) is 17.9 Å². The second kappa shape index (κ2) is 6.03. The van der Waals surface area contributed by atoms with E-state index in [1.165, 1.54) is 15.3 Å². The van der Waals surface area contributed by atoms with Crippen LogP contribution in [-0.4, -0.2) is 31.4 Å². The lowest BCUT2D eigenvalue weighted by Crippen LogP contribution is -3.14. The van der Waals surface area contributed by atoms with Crippen LogP contribution in [0, 0.1) is 0 Å². The average Bonchev–Trinajstić information content (AvgIpc) is 3.06. The summed E-state index contributed by atoms with van der Waals surface area (Å²) in [5.41, 5.74) is 2.87. The van der Waals surface area contributed by atoms with Crippen LogP contribution in [0.5, 0.6) is 0 Å². The van der Waals surface area contributed by atoms with Gasteiger partial charge in [-0.1, -0.05) is 12.1 Å². The number of hydrogen-bond donors (Lipinski definition) is 2. The van der Waals surface area contributed by atoms with Crippen LogP contribution in [0.1, 0.15) is 23.4 Å². The molecule has 2 aromatic rings. The number of carbonyl (C=O) groups excluding carboxylic acids is 2. The molecule has 0 radical (unpaired) electrons. The van der Waals surface area contributed by atoms with Gasteiger partial charge in [0, 0.05) is 16.9 Å². The fourth-order valence-corrected chi connectivity index (χ4v) is 4.62. The van der Waals surface area contributed by atoms with Crippen molar-refractivity contribution in [1.29, 1.82) is 0 Å². The second-order valence-corrected chi connectivity index (χ2v) is 7.40. The molecule has 0 saturated heterocycles. The molecule has 1 aromatic carbocycles. The van der Waals surface area contributed by atoms with Crippen molar-refractivity contribution in [3.63, 3.8) is 0 Å². The standard InChI is InChI=1S/C18H19N3O2S/c1-12-13-7-9-24-16(13)6-8-20(12)11-18(23)21-10-17(22)19-14-4-2-3-5-15(14)21/h2-5,7,9,12H,6,8,10-11H2,1H3,(H,19,22)/p+1/t12-/m1/s1. The minimum absolute atomic E-state index is 0.0119. The summed E-state index contributed by atoms with van der Waals surface area (Å²) in [7, 11) is 0. The van der Waals surface area contributed by atoms with Crippen molar-refractivity contribution < 1.29 is 14.5 Å². The molecule has 0 saturated carbocycles. The molecular weight excluding hydrogens is 322 g/mol. The van der Waals surface area contributed by atoms with E-state index in [1.54, 1.807) is 4.90 Å². The first kappa shape index (κ1) is 15.4. The fourth-order valence-electron chi connectivity index (χ4n) is 3.64. The first-order valence-electron chi connectivity index (χ1n) is 8.23. The molecule has 6 heteroatoms. The summed E-state index contributed by atoms with van der Waals surface area (Å²) in [6, 6.07) is 9.98. The molecule has 2 atom stereocenters. The zero-order valence-corrected chi connectivity index (χ0v) is 14.4. The Morgan fingerprint density at radius 2 is 2.21 bits per heavy atom. The normalized spacial score (nSPS) is 22.5. The molecule has 0 aliphatic carbocycles. The average molecular weight is 342 g/mol. The number of quaternary nitrogens is 1. The van der Waals surface area contributed by atoms with Gasteiger partial charge in [-0.3, -0.25) is 14.5 Å². The Morgan fingerprint density at radius 3 is 3.08 bits per heavy atom. The van der Waals surface area contributed by atoms with Gasteiger partial charge < -0.3 is 10.2 Å². The Morgan fingerprint density at radius 1 is 1.38 bits per heavy atom. The number of amides is 2. The number of rotatable bonds is 2. The maximum atomic E-state index is 12.9. The van der Waals surface area contributed by atoms with Gasteiger partial charge in [-0.05, 0) is 30.5 Å². The molecule has 5 nitrogen and oxygen atoms in total. The van der Waals surface area contributed by atoms with E-state index in [1.807, 2.05) is 35.6 Å². The number of hydrogen-bond acceptors (Lipinski definition) is 3. The van der Waals surface area contributed by atoms with E-state index in [0.29, 0.717) is 18.3 Å². The molecule has 1 unspecified atom stereocenters. The quantitative estimate of drug-likeness (QED) is 0.863. The summed E-state index contributed by atoms with van der Waals surface area (Å²) in [6.07, 6.45) is 1.02. The largest absolute Gasteiger partial charge is 0.323 e. The SMILES string of the molecule is C[C@@H]1c2ccsc2CC[NH+]1CC(=O)N1CC(=O)Nc2ccccc21. The number of fused-ring (bicyclic) bond motifs is 2. The highest BCUT2D eigenvalue weighted by Gasteiger charge is 2.33.